The Kier molecular flexibility index (Phi) is 4.96. The van der Waals surface area contributed by atoms with Crippen molar-refractivity contribution in [3.63, 3.8) is 0 Å². The molecule has 1 aliphatic rings. The highest BCUT2D eigenvalue weighted by atomic mass is 16.6. The number of hydrogen-bond acceptors (Lipinski definition) is 4. The first-order valence-electron chi connectivity index (χ1n) is 7.15. The summed E-state index contributed by atoms with van der Waals surface area (Å²) in [5.74, 6) is 1.36. The lowest BCUT2D eigenvalue weighted by molar-refractivity contribution is -0.402. The van der Waals surface area contributed by atoms with E-state index < -0.39 is 4.92 Å². The lowest BCUT2D eigenvalue weighted by Gasteiger charge is -2.28. The molecule has 1 heterocycles. The molecule has 1 aromatic heterocycles. The molecule has 2 rings (SSSR count). The van der Waals surface area contributed by atoms with E-state index in [1.54, 1.807) is 6.07 Å². The van der Waals surface area contributed by atoms with E-state index in [1.165, 1.54) is 44.6 Å². The van der Waals surface area contributed by atoms with Gasteiger partial charge in [-0.3, -0.25) is 10.1 Å². The number of hydrogen-bond donors (Lipinski definition) is 1. The van der Waals surface area contributed by atoms with Crippen molar-refractivity contribution in [1.29, 1.82) is 0 Å². The third-order valence-corrected chi connectivity index (χ3v) is 3.94. The summed E-state index contributed by atoms with van der Waals surface area (Å²) in [6.45, 7) is 2.82. The third kappa shape index (κ3) is 4.06. The first-order chi connectivity index (χ1) is 9.19. The average molecular weight is 266 g/mol. The standard InChI is InChI=1S/C14H22N2O3/c1-2-3-11-4-6-12(7-5-11)15-10-13-8-9-14(19-13)16(17)18/h8-9,11-12,15H,2-7,10H2,1H3. The van der Waals surface area contributed by atoms with Gasteiger partial charge >= 0.3 is 5.88 Å². The fourth-order valence-corrected chi connectivity index (χ4v) is 2.87. The van der Waals surface area contributed by atoms with Gasteiger partial charge in [-0.15, -0.1) is 0 Å². The molecule has 1 N–H and O–H groups in total. The van der Waals surface area contributed by atoms with Gasteiger partial charge in [-0.25, -0.2) is 0 Å². The highest BCUT2D eigenvalue weighted by Gasteiger charge is 2.20. The normalized spacial score (nSPS) is 23.4. The molecule has 1 fully saturated rings. The van der Waals surface area contributed by atoms with Crippen molar-refractivity contribution < 1.29 is 9.34 Å². The molecule has 1 aromatic rings. The molecule has 0 radical (unpaired) electrons. The first kappa shape index (κ1) is 14.1. The lowest BCUT2D eigenvalue weighted by atomic mass is 9.83. The van der Waals surface area contributed by atoms with Crippen LogP contribution >= 0.6 is 0 Å². The molecule has 5 heteroatoms. The van der Waals surface area contributed by atoms with Crippen LogP contribution in [0.2, 0.25) is 0 Å². The zero-order chi connectivity index (χ0) is 13.7. The van der Waals surface area contributed by atoms with Gasteiger partial charge in [0.05, 0.1) is 12.6 Å². The molecular formula is C14H22N2O3. The van der Waals surface area contributed by atoms with Gasteiger partial charge < -0.3 is 9.73 Å². The summed E-state index contributed by atoms with van der Waals surface area (Å²) < 4.78 is 5.13. The summed E-state index contributed by atoms with van der Waals surface area (Å²) in [6.07, 6.45) is 7.62. The predicted molar refractivity (Wildman–Crippen MR) is 72.9 cm³/mol. The van der Waals surface area contributed by atoms with Crippen molar-refractivity contribution in [3.05, 3.63) is 28.0 Å². The van der Waals surface area contributed by atoms with E-state index in [0.29, 0.717) is 18.3 Å². The Morgan fingerprint density at radius 3 is 2.68 bits per heavy atom. The number of nitrogens with one attached hydrogen (secondary N) is 1. The Bertz CT molecular complexity index is 409. The van der Waals surface area contributed by atoms with Gasteiger partial charge in [0.2, 0.25) is 0 Å². The van der Waals surface area contributed by atoms with Crippen LogP contribution in [0, 0.1) is 16.0 Å². The molecule has 0 aliphatic heterocycles. The highest BCUT2D eigenvalue weighted by molar-refractivity contribution is 5.17. The Hall–Kier alpha value is -1.36. The highest BCUT2D eigenvalue weighted by Crippen LogP contribution is 2.28. The topological polar surface area (TPSA) is 68.3 Å². The molecule has 0 atom stereocenters. The first-order valence-corrected chi connectivity index (χ1v) is 7.15. The third-order valence-electron chi connectivity index (χ3n) is 3.94. The Balaban J connectivity index is 1.72. The van der Waals surface area contributed by atoms with Crippen molar-refractivity contribution in [2.45, 2.75) is 58.0 Å². The molecule has 19 heavy (non-hydrogen) atoms. The van der Waals surface area contributed by atoms with E-state index in [0.717, 1.165) is 5.92 Å². The van der Waals surface area contributed by atoms with Crippen LogP contribution in [-0.4, -0.2) is 11.0 Å². The maximum atomic E-state index is 10.5. The van der Waals surface area contributed by atoms with Crippen molar-refractivity contribution in [2.24, 2.45) is 5.92 Å². The van der Waals surface area contributed by atoms with E-state index >= 15 is 0 Å². The summed E-state index contributed by atoms with van der Waals surface area (Å²) in [5.41, 5.74) is 0. The Labute approximate surface area is 113 Å². The fourth-order valence-electron chi connectivity index (χ4n) is 2.87. The van der Waals surface area contributed by atoms with Crippen LogP contribution in [0.4, 0.5) is 5.88 Å². The van der Waals surface area contributed by atoms with E-state index in [-0.39, 0.29) is 5.88 Å². The minimum atomic E-state index is -0.501. The van der Waals surface area contributed by atoms with Crippen LogP contribution in [0.3, 0.4) is 0 Å². The van der Waals surface area contributed by atoms with Gasteiger partial charge in [0.25, 0.3) is 0 Å². The van der Waals surface area contributed by atoms with Gasteiger partial charge in [0.15, 0.2) is 0 Å². The number of furan rings is 1. The van der Waals surface area contributed by atoms with Gasteiger partial charge in [-0.1, -0.05) is 19.8 Å². The summed E-state index contributed by atoms with van der Waals surface area (Å²) >= 11 is 0. The number of rotatable bonds is 6. The average Bonchev–Trinajstić information content (AvgIpc) is 2.87. The summed E-state index contributed by atoms with van der Waals surface area (Å²) in [7, 11) is 0. The summed E-state index contributed by atoms with van der Waals surface area (Å²) in [4.78, 5) is 10.0. The van der Waals surface area contributed by atoms with Crippen molar-refractivity contribution in [3.8, 4) is 0 Å². The van der Waals surface area contributed by atoms with Gasteiger partial charge in [0, 0.05) is 6.04 Å². The van der Waals surface area contributed by atoms with Crippen LogP contribution in [-0.2, 0) is 6.54 Å². The van der Waals surface area contributed by atoms with Gasteiger partial charge in [-0.05, 0) is 37.7 Å². The predicted octanol–water partition coefficient (Wildman–Crippen LogP) is 3.64. The molecule has 1 aliphatic carbocycles. The molecule has 0 saturated heterocycles. The van der Waals surface area contributed by atoms with Crippen molar-refractivity contribution in [1.82, 2.24) is 5.32 Å². The second-order valence-electron chi connectivity index (χ2n) is 5.38. The second-order valence-corrected chi connectivity index (χ2v) is 5.38. The Morgan fingerprint density at radius 1 is 1.37 bits per heavy atom. The number of nitrogens with zero attached hydrogens (tertiary/aromatic N) is 1. The molecule has 5 nitrogen and oxygen atoms in total. The zero-order valence-electron chi connectivity index (χ0n) is 11.4. The van der Waals surface area contributed by atoms with E-state index in [2.05, 4.69) is 12.2 Å². The lowest BCUT2D eigenvalue weighted by Crippen LogP contribution is -2.32. The maximum Gasteiger partial charge on any atom is 0.433 e. The fraction of sp³-hybridized carbons (Fsp3) is 0.714. The minimum absolute atomic E-state index is 0.177. The minimum Gasteiger partial charge on any atom is -0.404 e. The largest absolute Gasteiger partial charge is 0.433 e. The molecule has 106 valence electrons. The van der Waals surface area contributed by atoms with Crippen molar-refractivity contribution in [2.75, 3.05) is 0 Å². The van der Waals surface area contributed by atoms with Crippen LogP contribution in [0.1, 0.15) is 51.2 Å². The molecule has 0 bridgehead atoms. The van der Waals surface area contributed by atoms with Gasteiger partial charge in [-0.2, -0.15) is 0 Å². The molecule has 1 saturated carbocycles. The van der Waals surface area contributed by atoms with E-state index in [4.69, 9.17) is 4.42 Å². The van der Waals surface area contributed by atoms with Crippen molar-refractivity contribution >= 4 is 5.88 Å². The monoisotopic (exact) mass is 266 g/mol. The molecule has 0 amide bonds. The summed E-state index contributed by atoms with van der Waals surface area (Å²) in [5, 5.41) is 13.9. The van der Waals surface area contributed by atoms with E-state index in [1.807, 2.05) is 0 Å². The van der Waals surface area contributed by atoms with E-state index in [9.17, 15) is 10.1 Å². The van der Waals surface area contributed by atoms with Crippen LogP contribution in [0.15, 0.2) is 16.5 Å². The SMILES string of the molecule is CCCC1CCC(NCc2ccc([N+](=O)[O-])o2)CC1. The number of nitro groups is 1. The van der Waals surface area contributed by atoms with Crippen LogP contribution in [0.5, 0.6) is 0 Å². The molecule has 0 spiro atoms. The van der Waals surface area contributed by atoms with Gasteiger partial charge in [0.1, 0.15) is 10.7 Å². The quantitative estimate of drug-likeness (QED) is 0.630. The molecule has 0 unspecified atom stereocenters. The maximum absolute atomic E-state index is 10.5. The molecular weight excluding hydrogens is 244 g/mol. The summed E-state index contributed by atoms with van der Waals surface area (Å²) in [6, 6.07) is 3.61. The van der Waals surface area contributed by atoms with Crippen LogP contribution in [0.25, 0.3) is 0 Å². The second kappa shape index (κ2) is 6.70. The molecule has 0 aromatic carbocycles. The van der Waals surface area contributed by atoms with Crippen LogP contribution < -0.4 is 5.32 Å². The zero-order valence-corrected chi connectivity index (χ0v) is 11.4. The smallest absolute Gasteiger partial charge is 0.404 e. The Morgan fingerprint density at radius 2 is 2.11 bits per heavy atom.